The van der Waals surface area contributed by atoms with Gasteiger partial charge < -0.3 is 14.6 Å². The molecular weight excluding hydrogens is 454 g/mol. The van der Waals surface area contributed by atoms with Crippen molar-refractivity contribution in [1.82, 2.24) is 0 Å². The van der Waals surface area contributed by atoms with Gasteiger partial charge in [-0.25, -0.2) is 0 Å². The third kappa shape index (κ3) is 4.24. The van der Waals surface area contributed by atoms with E-state index in [2.05, 4.69) is 0 Å². The summed E-state index contributed by atoms with van der Waals surface area (Å²) in [5.74, 6) is -0.457. The molecule has 3 aromatic rings. The van der Waals surface area contributed by atoms with E-state index in [1.54, 1.807) is 73.8 Å². The number of Topliss-reactive ketones (excluding diaryl/α,β-unsaturated/α-hetero) is 1. The van der Waals surface area contributed by atoms with Crippen LogP contribution < -0.4 is 14.4 Å². The molecule has 0 bridgehead atoms. The van der Waals surface area contributed by atoms with Crippen LogP contribution in [0.15, 0.2) is 72.3 Å². The maximum Gasteiger partial charge on any atom is 0.300 e. The third-order valence-electron chi connectivity index (χ3n) is 5.71. The van der Waals surface area contributed by atoms with Crippen molar-refractivity contribution in [3.05, 3.63) is 94.0 Å². The lowest BCUT2D eigenvalue weighted by Gasteiger charge is -2.25. The van der Waals surface area contributed by atoms with Crippen LogP contribution in [0.4, 0.5) is 5.69 Å². The fraction of sp³-hybridized carbons (Fsp3) is 0.185. The fourth-order valence-corrected chi connectivity index (χ4v) is 4.32. The number of aryl methyl sites for hydroxylation is 1. The van der Waals surface area contributed by atoms with E-state index >= 15 is 0 Å². The van der Waals surface area contributed by atoms with Gasteiger partial charge in [-0.2, -0.15) is 0 Å². The minimum Gasteiger partial charge on any atom is -0.507 e. The fourth-order valence-electron chi connectivity index (χ4n) is 4.13. The Morgan fingerprint density at radius 3 is 2.41 bits per heavy atom. The van der Waals surface area contributed by atoms with Crippen molar-refractivity contribution >= 4 is 34.7 Å². The number of aliphatic hydroxyl groups excluding tert-OH is 1. The van der Waals surface area contributed by atoms with E-state index in [0.717, 1.165) is 5.56 Å². The first-order valence-corrected chi connectivity index (χ1v) is 11.2. The van der Waals surface area contributed by atoms with Gasteiger partial charge in [0, 0.05) is 16.3 Å². The molecule has 1 saturated heterocycles. The number of ether oxygens (including phenoxy) is 2. The zero-order chi connectivity index (χ0) is 24.4. The normalized spacial score (nSPS) is 17.2. The zero-order valence-corrected chi connectivity index (χ0v) is 19.8. The number of halogens is 1. The average molecular weight is 478 g/mol. The first-order valence-electron chi connectivity index (χ1n) is 10.8. The zero-order valence-electron chi connectivity index (χ0n) is 19.0. The summed E-state index contributed by atoms with van der Waals surface area (Å²) in [6.45, 7) is 4.24. The highest BCUT2D eigenvalue weighted by Gasteiger charge is 2.47. The van der Waals surface area contributed by atoms with E-state index in [1.807, 2.05) is 13.8 Å². The van der Waals surface area contributed by atoms with Gasteiger partial charge in [-0.3, -0.25) is 14.5 Å². The number of anilines is 1. The molecule has 1 unspecified atom stereocenters. The topological polar surface area (TPSA) is 76.1 Å². The standard InChI is InChI=1S/C27H24ClNO5/c1-4-34-21-11-8-17(9-12-21)24-23(25(30)18-10-13-22(33-3)16(2)14-18)26(31)27(32)29(24)20-7-5-6-19(28)15-20/h5-15,24,30H,4H2,1-3H3/b25-23+. The van der Waals surface area contributed by atoms with Gasteiger partial charge in [-0.1, -0.05) is 29.8 Å². The highest BCUT2D eigenvalue weighted by molar-refractivity contribution is 6.51. The summed E-state index contributed by atoms with van der Waals surface area (Å²) in [7, 11) is 1.56. The lowest BCUT2D eigenvalue weighted by atomic mass is 9.94. The first-order chi connectivity index (χ1) is 16.3. The van der Waals surface area contributed by atoms with Crippen LogP contribution >= 0.6 is 11.6 Å². The Hall–Kier alpha value is -3.77. The number of hydrogen-bond donors (Lipinski definition) is 1. The molecule has 0 saturated carbocycles. The Morgan fingerprint density at radius 1 is 1.06 bits per heavy atom. The summed E-state index contributed by atoms with van der Waals surface area (Å²) in [5.41, 5.74) is 2.30. The van der Waals surface area contributed by atoms with Crippen molar-refractivity contribution in [3.63, 3.8) is 0 Å². The maximum atomic E-state index is 13.3. The van der Waals surface area contributed by atoms with Crippen LogP contribution in [-0.2, 0) is 9.59 Å². The van der Waals surface area contributed by atoms with Gasteiger partial charge in [0.25, 0.3) is 11.7 Å². The second-order valence-corrected chi connectivity index (χ2v) is 8.27. The van der Waals surface area contributed by atoms with Crippen molar-refractivity contribution in [1.29, 1.82) is 0 Å². The highest BCUT2D eigenvalue weighted by atomic mass is 35.5. The molecular formula is C27H24ClNO5. The number of aliphatic hydroxyl groups is 1. The molecule has 6 nitrogen and oxygen atoms in total. The number of carbonyl (C=O) groups excluding carboxylic acids is 2. The van der Waals surface area contributed by atoms with Gasteiger partial charge in [0.05, 0.1) is 25.3 Å². The van der Waals surface area contributed by atoms with Crippen molar-refractivity contribution in [3.8, 4) is 11.5 Å². The number of benzene rings is 3. The van der Waals surface area contributed by atoms with Gasteiger partial charge in [-0.05, 0) is 73.5 Å². The molecule has 174 valence electrons. The molecule has 1 atom stereocenters. The second kappa shape index (κ2) is 9.61. The summed E-state index contributed by atoms with van der Waals surface area (Å²) < 4.78 is 10.8. The van der Waals surface area contributed by atoms with Crippen molar-refractivity contribution in [2.75, 3.05) is 18.6 Å². The van der Waals surface area contributed by atoms with E-state index in [-0.39, 0.29) is 11.3 Å². The summed E-state index contributed by atoms with van der Waals surface area (Å²) in [4.78, 5) is 27.9. The molecule has 1 amide bonds. The van der Waals surface area contributed by atoms with Gasteiger partial charge in [0.15, 0.2) is 0 Å². The molecule has 0 aromatic heterocycles. The molecule has 1 heterocycles. The number of hydrogen-bond acceptors (Lipinski definition) is 5. The average Bonchev–Trinajstić information content (AvgIpc) is 3.09. The predicted molar refractivity (Wildman–Crippen MR) is 132 cm³/mol. The Kier molecular flexibility index (Phi) is 6.61. The minimum atomic E-state index is -0.850. The molecule has 4 rings (SSSR count). The van der Waals surface area contributed by atoms with Crippen LogP contribution in [0.25, 0.3) is 5.76 Å². The molecule has 0 aliphatic carbocycles. The second-order valence-electron chi connectivity index (χ2n) is 7.84. The Bertz CT molecular complexity index is 1280. The molecule has 34 heavy (non-hydrogen) atoms. The van der Waals surface area contributed by atoms with Crippen molar-refractivity contribution in [2.24, 2.45) is 0 Å². The first kappa shape index (κ1) is 23.4. The summed E-state index contributed by atoms with van der Waals surface area (Å²) in [6, 6.07) is 18.1. The lowest BCUT2D eigenvalue weighted by molar-refractivity contribution is -0.132. The van der Waals surface area contributed by atoms with Gasteiger partial charge >= 0.3 is 0 Å². The Labute approximate surface area is 203 Å². The van der Waals surface area contributed by atoms with Crippen molar-refractivity contribution < 1.29 is 24.2 Å². The van der Waals surface area contributed by atoms with Gasteiger partial charge in [-0.15, -0.1) is 0 Å². The number of amides is 1. The molecule has 1 aliphatic rings. The van der Waals surface area contributed by atoms with Crippen molar-refractivity contribution in [2.45, 2.75) is 19.9 Å². The van der Waals surface area contributed by atoms with E-state index in [0.29, 0.717) is 39.9 Å². The van der Waals surface area contributed by atoms with E-state index < -0.39 is 17.7 Å². The highest BCUT2D eigenvalue weighted by Crippen LogP contribution is 2.43. The molecule has 1 aliphatic heterocycles. The molecule has 0 spiro atoms. The van der Waals surface area contributed by atoms with Crippen LogP contribution in [0.2, 0.25) is 5.02 Å². The molecule has 7 heteroatoms. The summed E-state index contributed by atoms with van der Waals surface area (Å²) in [5, 5.41) is 11.7. The monoisotopic (exact) mass is 477 g/mol. The maximum absolute atomic E-state index is 13.3. The molecule has 3 aromatic carbocycles. The summed E-state index contributed by atoms with van der Waals surface area (Å²) in [6.07, 6.45) is 0. The quantitative estimate of drug-likeness (QED) is 0.281. The smallest absolute Gasteiger partial charge is 0.300 e. The Morgan fingerprint density at radius 2 is 1.79 bits per heavy atom. The summed E-state index contributed by atoms with van der Waals surface area (Å²) >= 11 is 6.18. The lowest BCUT2D eigenvalue weighted by Crippen LogP contribution is -2.29. The predicted octanol–water partition coefficient (Wildman–Crippen LogP) is 5.68. The molecule has 1 N–H and O–H groups in total. The number of carbonyl (C=O) groups is 2. The number of methoxy groups -OCH3 is 1. The van der Waals surface area contributed by atoms with Crippen LogP contribution in [0.1, 0.15) is 29.7 Å². The minimum absolute atomic E-state index is 0.00120. The Balaban J connectivity index is 1.91. The van der Waals surface area contributed by atoms with Crippen LogP contribution in [0.5, 0.6) is 11.5 Å². The van der Waals surface area contributed by atoms with E-state index in [4.69, 9.17) is 21.1 Å². The molecule has 0 radical (unpaired) electrons. The number of ketones is 1. The van der Waals surface area contributed by atoms with Gasteiger partial charge in [0.1, 0.15) is 17.3 Å². The van der Waals surface area contributed by atoms with Crippen LogP contribution in [0.3, 0.4) is 0 Å². The third-order valence-corrected chi connectivity index (χ3v) is 5.94. The van der Waals surface area contributed by atoms with Crippen LogP contribution in [0, 0.1) is 6.92 Å². The number of nitrogens with zero attached hydrogens (tertiary/aromatic N) is 1. The van der Waals surface area contributed by atoms with Crippen LogP contribution in [-0.4, -0.2) is 30.5 Å². The largest absolute Gasteiger partial charge is 0.507 e. The van der Waals surface area contributed by atoms with Gasteiger partial charge in [0.2, 0.25) is 0 Å². The number of rotatable bonds is 6. The van der Waals surface area contributed by atoms with E-state index in [1.165, 1.54) is 4.90 Å². The molecule has 1 fully saturated rings. The SMILES string of the molecule is CCOc1ccc(C2/C(=C(\O)c3ccc(OC)c(C)c3)C(=O)C(=O)N2c2cccc(Cl)c2)cc1. The van der Waals surface area contributed by atoms with E-state index in [9.17, 15) is 14.7 Å².